The van der Waals surface area contributed by atoms with E-state index in [1.165, 1.54) is 11.8 Å². The van der Waals surface area contributed by atoms with Gasteiger partial charge in [0.25, 0.3) is 0 Å². The molecule has 4 aromatic carbocycles. The second-order valence-corrected chi connectivity index (χ2v) is 11.6. The number of carbonyl (C=O) groups is 4. The Morgan fingerprint density at radius 3 is 1.83 bits per heavy atom. The fourth-order valence-electron chi connectivity index (χ4n) is 6.08. The number of carbonyl (C=O) groups excluding carboxylic acids is 4. The van der Waals surface area contributed by atoms with Crippen molar-refractivity contribution in [1.82, 2.24) is 15.5 Å². The van der Waals surface area contributed by atoms with E-state index in [0.717, 1.165) is 27.8 Å². The average Bonchev–Trinajstić information content (AvgIpc) is 3.47. The summed E-state index contributed by atoms with van der Waals surface area (Å²) in [6.45, 7) is 1.23. The van der Waals surface area contributed by atoms with Gasteiger partial charge >= 0.3 is 0 Å². The molecule has 0 aromatic heterocycles. The molecule has 0 bridgehead atoms. The van der Waals surface area contributed by atoms with Crippen molar-refractivity contribution in [3.8, 4) is 11.1 Å². The quantitative estimate of drug-likeness (QED) is 0.204. The summed E-state index contributed by atoms with van der Waals surface area (Å²) in [5.74, 6) is -2.83. The molecule has 5 N–H and O–H groups in total. The van der Waals surface area contributed by atoms with Crippen LogP contribution in [0.15, 0.2) is 115 Å². The van der Waals surface area contributed by atoms with Crippen molar-refractivity contribution < 1.29 is 24.3 Å². The molecule has 236 valence electrons. The van der Waals surface area contributed by atoms with Crippen molar-refractivity contribution >= 4 is 23.6 Å². The van der Waals surface area contributed by atoms with Crippen LogP contribution in [0.2, 0.25) is 0 Å². The second-order valence-electron chi connectivity index (χ2n) is 11.6. The smallest absolute Gasteiger partial charge is 0.246 e. The molecular formula is C37H38N4O5. The molecular weight excluding hydrogens is 580 g/mol. The number of aliphatic hydroxyl groups excluding tert-OH is 1. The molecule has 1 aliphatic rings. The summed E-state index contributed by atoms with van der Waals surface area (Å²) >= 11 is 0. The Labute approximate surface area is 268 Å². The van der Waals surface area contributed by atoms with Crippen LogP contribution in [0.4, 0.5) is 0 Å². The number of hydrogen-bond acceptors (Lipinski definition) is 5. The maximum atomic E-state index is 14.3. The minimum absolute atomic E-state index is 0.0248. The van der Waals surface area contributed by atoms with Gasteiger partial charge in [-0.1, -0.05) is 115 Å². The second kappa shape index (κ2) is 14.7. The lowest BCUT2D eigenvalue weighted by Gasteiger charge is -2.33. The van der Waals surface area contributed by atoms with E-state index >= 15 is 0 Å². The maximum absolute atomic E-state index is 14.3. The molecule has 0 spiro atoms. The summed E-state index contributed by atoms with van der Waals surface area (Å²) in [5.41, 5.74) is 10.2. The Morgan fingerprint density at radius 1 is 0.783 bits per heavy atom. The highest BCUT2D eigenvalue weighted by atomic mass is 16.3. The van der Waals surface area contributed by atoms with Gasteiger partial charge < -0.3 is 26.4 Å². The van der Waals surface area contributed by atoms with Crippen molar-refractivity contribution in [3.05, 3.63) is 132 Å². The van der Waals surface area contributed by atoms with Gasteiger partial charge in [0.05, 0.1) is 6.10 Å². The predicted molar refractivity (Wildman–Crippen MR) is 175 cm³/mol. The van der Waals surface area contributed by atoms with Crippen LogP contribution in [0.5, 0.6) is 0 Å². The number of β-amino-alcohol motifs (C(OH)–C–C–N with tert-alkyl or cyclic N) is 1. The summed E-state index contributed by atoms with van der Waals surface area (Å²) in [6, 6.07) is 33.0. The Balaban J connectivity index is 1.37. The minimum Gasteiger partial charge on any atom is -0.391 e. The average molecular weight is 619 g/mol. The number of benzene rings is 4. The van der Waals surface area contributed by atoms with E-state index in [4.69, 9.17) is 5.73 Å². The first-order valence-corrected chi connectivity index (χ1v) is 15.3. The van der Waals surface area contributed by atoms with Crippen LogP contribution in [0.3, 0.4) is 0 Å². The standard InChI is InChI=1S/C37H38N4O5/c1-24(42)39-34(33(28-13-7-3-8-14-28)29-15-9-4-10-16-29)37(46)41-23-30(43)22-32(41)36(45)40-31(35(38)44)21-25-17-19-27(20-18-25)26-11-5-2-6-12-26/h2-20,30-34,43H,21-23H2,1H3,(H2,38,44)(H,39,42)(H,40,45)/t30-,31-,32+,34+/m1/s1. The Hall–Kier alpha value is -5.28. The van der Waals surface area contributed by atoms with Crippen LogP contribution >= 0.6 is 0 Å². The summed E-state index contributed by atoms with van der Waals surface area (Å²) < 4.78 is 0. The Morgan fingerprint density at radius 2 is 1.30 bits per heavy atom. The van der Waals surface area contributed by atoms with Crippen LogP contribution in [0.25, 0.3) is 11.1 Å². The molecule has 1 heterocycles. The number of nitrogens with one attached hydrogen (secondary N) is 2. The summed E-state index contributed by atoms with van der Waals surface area (Å²) in [4.78, 5) is 54.2. The highest BCUT2D eigenvalue weighted by molar-refractivity contribution is 5.95. The van der Waals surface area contributed by atoms with Gasteiger partial charge in [-0.2, -0.15) is 0 Å². The van der Waals surface area contributed by atoms with Crippen molar-refractivity contribution in [3.63, 3.8) is 0 Å². The van der Waals surface area contributed by atoms with Gasteiger partial charge in [0.15, 0.2) is 0 Å². The van der Waals surface area contributed by atoms with E-state index in [1.54, 1.807) is 0 Å². The molecule has 1 aliphatic heterocycles. The highest BCUT2D eigenvalue weighted by Crippen LogP contribution is 2.31. The third kappa shape index (κ3) is 7.68. The summed E-state index contributed by atoms with van der Waals surface area (Å²) in [7, 11) is 0. The van der Waals surface area contributed by atoms with E-state index in [1.807, 2.05) is 115 Å². The molecule has 1 saturated heterocycles. The van der Waals surface area contributed by atoms with Crippen molar-refractivity contribution in [1.29, 1.82) is 0 Å². The van der Waals surface area contributed by atoms with Crippen LogP contribution in [0, 0.1) is 0 Å². The summed E-state index contributed by atoms with van der Waals surface area (Å²) in [5, 5.41) is 16.2. The van der Waals surface area contributed by atoms with Gasteiger partial charge in [-0.15, -0.1) is 0 Å². The number of likely N-dealkylation sites (tertiary alicyclic amines) is 1. The SMILES string of the molecule is CC(=O)N[C@H](C(=O)N1C[C@H](O)C[C@H]1C(=O)N[C@H](Cc1ccc(-c2ccccc2)cc1)C(N)=O)C(c1ccccc1)c1ccccc1. The lowest BCUT2D eigenvalue weighted by molar-refractivity contribution is -0.142. The molecule has 9 nitrogen and oxygen atoms in total. The number of amides is 4. The molecule has 5 rings (SSSR count). The predicted octanol–water partition coefficient (Wildman–Crippen LogP) is 3.16. The molecule has 4 atom stereocenters. The lowest BCUT2D eigenvalue weighted by atomic mass is 9.84. The van der Waals surface area contributed by atoms with Crippen molar-refractivity contribution in [2.24, 2.45) is 5.73 Å². The van der Waals surface area contributed by atoms with E-state index in [-0.39, 0.29) is 19.4 Å². The molecule has 9 heteroatoms. The number of primary amides is 1. The van der Waals surface area contributed by atoms with E-state index in [9.17, 15) is 24.3 Å². The monoisotopic (exact) mass is 618 g/mol. The van der Waals surface area contributed by atoms with Gasteiger partial charge in [0.1, 0.15) is 18.1 Å². The van der Waals surface area contributed by atoms with E-state index < -0.39 is 53.8 Å². The zero-order chi connectivity index (χ0) is 32.6. The first-order valence-electron chi connectivity index (χ1n) is 15.3. The van der Waals surface area contributed by atoms with Crippen LogP contribution in [-0.4, -0.2) is 64.4 Å². The number of nitrogens with zero attached hydrogens (tertiary/aromatic N) is 1. The van der Waals surface area contributed by atoms with Crippen molar-refractivity contribution in [2.75, 3.05) is 6.54 Å². The van der Waals surface area contributed by atoms with E-state index in [2.05, 4.69) is 10.6 Å². The zero-order valence-electron chi connectivity index (χ0n) is 25.6. The topological polar surface area (TPSA) is 142 Å². The first kappa shape index (κ1) is 32.1. The van der Waals surface area contributed by atoms with Gasteiger partial charge in [-0.25, -0.2) is 0 Å². The molecule has 4 amide bonds. The number of nitrogens with two attached hydrogens (primary N) is 1. The zero-order valence-corrected chi connectivity index (χ0v) is 25.6. The third-order valence-electron chi connectivity index (χ3n) is 8.30. The first-order chi connectivity index (χ1) is 22.2. The van der Waals surface area contributed by atoms with Gasteiger partial charge in [-0.05, 0) is 27.8 Å². The van der Waals surface area contributed by atoms with Crippen LogP contribution < -0.4 is 16.4 Å². The molecule has 4 aromatic rings. The highest BCUT2D eigenvalue weighted by Gasteiger charge is 2.44. The van der Waals surface area contributed by atoms with Gasteiger partial charge in [0.2, 0.25) is 23.6 Å². The number of rotatable bonds is 11. The van der Waals surface area contributed by atoms with Crippen molar-refractivity contribution in [2.45, 2.75) is 49.9 Å². The number of hydrogen-bond donors (Lipinski definition) is 4. The molecule has 46 heavy (non-hydrogen) atoms. The fraction of sp³-hybridized carbons (Fsp3) is 0.243. The Bertz CT molecular complexity index is 1610. The molecule has 0 saturated carbocycles. The van der Waals surface area contributed by atoms with Crippen LogP contribution in [0.1, 0.15) is 36.0 Å². The maximum Gasteiger partial charge on any atom is 0.246 e. The molecule has 0 unspecified atom stereocenters. The molecule has 0 radical (unpaired) electrons. The molecule has 1 fully saturated rings. The third-order valence-corrected chi connectivity index (χ3v) is 8.30. The lowest BCUT2D eigenvalue weighted by Crippen LogP contribution is -2.57. The molecule has 0 aliphatic carbocycles. The van der Waals surface area contributed by atoms with Gasteiger partial charge in [0, 0.05) is 32.2 Å². The largest absolute Gasteiger partial charge is 0.391 e. The Kier molecular flexibility index (Phi) is 10.2. The van der Waals surface area contributed by atoms with E-state index in [0.29, 0.717) is 0 Å². The fourth-order valence-corrected chi connectivity index (χ4v) is 6.08. The van der Waals surface area contributed by atoms with Gasteiger partial charge in [-0.3, -0.25) is 19.2 Å². The minimum atomic E-state index is -1.08. The van der Waals surface area contributed by atoms with Crippen LogP contribution in [-0.2, 0) is 25.6 Å². The number of aliphatic hydroxyl groups is 1. The normalized spacial score (nSPS) is 17.2. The summed E-state index contributed by atoms with van der Waals surface area (Å²) in [6.07, 6.45) is -0.844.